The molecule has 2 aliphatic heterocycles. The summed E-state index contributed by atoms with van der Waals surface area (Å²) in [4.78, 5) is 18.1. The van der Waals surface area contributed by atoms with Crippen LogP contribution in [0.1, 0.15) is 19.4 Å². The van der Waals surface area contributed by atoms with Gasteiger partial charge in [-0.15, -0.1) is 0 Å². The van der Waals surface area contributed by atoms with Crippen molar-refractivity contribution in [2.24, 2.45) is 0 Å². The first kappa shape index (κ1) is 28.4. The largest absolute Gasteiger partial charge is 0.491 e. The van der Waals surface area contributed by atoms with Gasteiger partial charge in [-0.2, -0.15) is 5.10 Å². The minimum absolute atomic E-state index is 0.154. The first-order valence-corrected chi connectivity index (χ1v) is 13.8. The van der Waals surface area contributed by atoms with Gasteiger partial charge in [0.15, 0.2) is 0 Å². The summed E-state index contributed by atoms with van der Waals surface area (Å²) in [7, 11) is 0. The van der Waals surface area contributed by atoms with Crippen LogP contribution < -0.4 is 15.1 Å². The van der Waals surface area contributed by atoms with Crippen LogP contribution in [0.3, 0.4) is 0 Å². The van der Waals surface area contributed by atoms with Crippen LogP contribution in [0.25, 0.3) is 0 Å². The zero-order valence-electron chi connectivity index (χ0n) is 22.3. The second-order valence-electron chi connectivity index (χ2n) is 9.87. The Balaban J connectivity index is 1.15. The molecule has 2 aliphatic rings. The van der Waals surface area contributed by atoms with Gasteiger partial charge < -0.3 is 23.8 Å². The predicted molar refractivity (Wildman–Crippen MR) is 149 cm³/mol. The van der Waals surface area contributed by atoms with Crippen LogP contribution in [-0.4, -0.2) is 77.5 Å². The van der Waals surface area contributed by atoms with E-state index in [2.05, 4.69) is 20.4 Å². The van der Waals surface area contributed by atoms with E-state index in [4.69, 9.17) is 42.1 Å². The van der Waals surface area contributed by atoms with E-state index in [1.165, 1.54) is 6.33 Å². The normalized spacial score (nSPS) is 21.5. The molecular formula is C27H32Cl2N6O5. The molecule has 2 aromatic carbocycles. The molecule has 3 aromatic rings. The molecule has 1 N–H and O–H groups in total. The van der Waals surface area contributed by atoms with Crippen molar-refractivity contribution in [3.05, 3.63) is 70.7 Å². The van der Waals surface area contributed by atoms with Gasteiger partial charge in [0.2, 0.25) is 5.79 Å². The third-order valence-corrected chi connectivity index (χ3v) is 7.10. The second kappa shape index (κ2) is 12.6. The van der Waals surface area contributed by atoms with Crippen LogP contribution in [-0.2, 0) is 26.5 Å². The fourth-order valence-electron chi connectivity index (χ4n) is 4.67. The van der Waals surface area contributed by atoms with Gasteiger partial charge in [-0.3, -0.25) is 5.43 Å². The molecule has 0 saturated carbocycles. The fraction of sp³-hybridized carbons (Fsp3) is 0.444. The minimum atomic E-state index is -1.16. The lowest BCUT2D eigenvalue weighted by atomic mass is 10.1. The van der Waals surface area contributed by atoms with Gasteiger partial charge in [-0.1, -0.05) is 29.3 Å². The van der Waals surface area contributed by atoms with E-state index in [-0.39, 0.29) is 18.8 Å². The number of ether oxygens (including phenoxy) is 4. The van der Waals surface area contributed by atoms with E-state index in [9.17, 15) is 4.79 Å². The summed E-state index contributed by atoms with van der Waals surface area (Å²) in [5, 5.41) is 7.05. The van der Waals surface area contributed by atoms with E-state index in [0.29, 0.717) is 41.9 Å². The number of halogens is 2. The number of hydrogen-bond acceptors (Lipinski definition) is 9. The molecule has 2 fully saturated rings. The maximum Gasteiger partial charge on any atom is 0.422 e. The van der Waals surface area contributed by atoms with Crippen molar-refractivity contribution in [1.82, 2.24) is 25.2 Å². The SMILES string of the molecule is CC(C)OC(=O)NN1CCN(c2ccc(OC[C@@H]3CO[C@@](Cn4cncn4)(c4ccc(Cl)cc4Cl)O3)cc2)CC1. The van der Waals surface area contributed by atoms with Crippen LogP contribution in [0.5, 0.6) is 5.75 Å². The van der Waals surface area contributed by atoms with Crippen molar-refractivity contribution in [2.45, 2.75) is 38.4 Å². The van der Waals surface area contributed by atoms with Gasteiger partial charge in [-0.25, -0.2) is 19.5 Å². The Hall–Kier alpha value is -3.09. The molecule has 0 bridgehead atoms. The highest BCUT2D eigenvalue weighted by Gasteiger charge is 2.45. The Bertz CT molecular complexity index is 1270. The Labute approximate surface area is 242 Å². The van der Waals surface area contributed by atoms with Crippen molar-refractivity contribution in [3.8, 4) is 5.75 Å². The van der Waals surface area contributed by atoms with Crippen LogP contribution >= 0.6 is 23.2 Å². The summed E-state index contributed by atoms with van der Waals surface area (Å²) >= 11 is 12.7. The molecule has 2 atom stereocenters. The number of carbonyl (C=O) groups is 1. The topological polar surface area (TPSA) is 103 Å². The summed E-state index contributed by atoms with van der Waals surface area (Å²) in [6.07, 6.45) is 2.14. The molecule has 2 saturated heterocycles. The number of amides is 1. The molecule has 214 valence electrons. The smallest absolute Gasteiger partial charge is 0.422 e. The molecule has 0 unspecified atom stereocenters. The zero-order valence-corrected chi connectivity index (χ0v) is 23.8. The van der Waals surface area contributed by atoms with Gasteiger partial charge in [0.25, 0.3) is 0 Å². The highest BCUT2D eigenvalue weighted by Crippen LogP contribution is 2.40. The molecular weight excluding hydrogens is 559 g/mol. The molecule has 0 aliphatic carbocycles. The Morgan fingerprint density at radius 3 is 2.60 bits per heavy atom. The summed E-state index contributed by atoms with van der Waals surface area (Å²) < 4.78 is 25.5. The average Bonchev–Trinajstić information content (AvgIpc) is 3.58. The predicted octanol–water partition coefficient (Wildman–Crippen LogP) is 4.10. The maximum absolute atomic E-state index is 11.8. The first-order chi connectivity index (χ1) is 19.3. The number of carbonyl (C=O) groups excluding carboxylic acids is 1. The Morgan fingerprint density at radius 2 is 1.93 bits per heavy atom. The van der Waals surface area contributed by atoms with Gasteiger partial charge in [-0.05, 0) is 50.2 Å². The minimum Gasteiger partial charge on any atom is -0.491 e. The van der Waals surface area contributed by atoms with E-state index >= 15 is 0 Å². The standard InChI is InChI=1S/C27H32Cl2N6O5/c1-19(2)39-26(36)32-34-11-9-33(10-12-34)21-4-6-22(7-5-21)37-14-23-15-38-27(40-23,16-35-18-30-17-31-35)24-8-3-20(28)13-25(24)29/h3-8,13,17-19,23H,9-12,14-16H2,1-2H3,(H,32,36)/t23-,27-/m1/s1. The lowest BCUT2D eigenvalue weighted by Crippen LogP contribution is -2.54. The molecule has 1 amide bonds. The van der Waals surface area contributed by atoms with Crippen LogP contribution in [0.4, 0.5) is 10.5 Å². The van der Waals surface area contributed by atoms with Crippen molar-refractivity contribution < 1.29 is 23.7 Å². The lowest BCUT2D eigenvalue weighted by molar-refractivity contribution is -0.190. The second-order valence-corrected chi connectivity index (χ2v) is 10.7. The number of aromatic nitrogens is 3. The number of hydrogen-bond donors (Lipinski definition) is 1. The van der Waals surface area contributed by atoms with Crippen molar-refractivity contribution in [3.63, 3.8) is 0 Å². The molecule has 5 rings (SSSR count). The molecule has 40 heavy (non-hydrogen) atoms. The number of nitrogens with one attached hydrogen (secondary N) is 1. The summed E-state index contributed by atoms with van der Waals surface area (Å²) in [5.74, 6) is -0.433. The monoisotopic (exact) mass is 590 g/mol. The van der Waals surface area contributed by atoms with E-state index in [0.717, 1.165) is 24.5 Å². The molecule has 1 aromatic heterocycles. The van der Waals surface area contributed by atoms with Crippen molar-refractivity contribution >= 4 is 35.0 Å². The van der Waals surface area contributed by atoms with Gasteiger partial charge in [0, 0.05) is 42.5 Å². The number of hydrazine groups is 1. The Morgan fingerprint density at radius 1 is 1.15 bits per heavy atom. The van der Waals surface area contributed by atoms with Crippen LogP contribution in [0, 0.1) is 0 Å². The molecule has 13 heteroatoms. The zero-order chi connectivity index (χ0) is 28.1. The third kappa shape index (κ3) is 6.97. The van der Waals surface area contributed by atoms with Crippen molar-refractivity contribution in [1.29, 1.82) is 0 Å². The van der Waals surface area contributed by atoms with Crippen molar-refractivity contribution in [2.75, 3.05) is 44.3 Å². The fourth-order valence-corrected chi connectivity index (χ4v) is 5.22. The third-order valence-electron chi connectivity index (χ3n) is 6.55. The van der Waals surface area contributed by atoms with E-state index < -0.39 is 11.9 Å². The van der Waals surface area contributed by atoms with Gasteiger partial charge in [0.1, 0.15) is 37.7 Å². The Kier molecular flexibility index (Phi) is 8.97. The number of rotatable bonds is 9. The first-order valence-electron chi connectivity index (χ1n) is 13.1. The van der Waals surface area contributed by atoms with Crippen LogP contribution in [0.2, 0.25) is 10.0 Å². The van der Waals surface area contributed by atoms with Crippen LogP contribution in [0.15, 0.2) is 55.1 Å². The van der Waals surface area contributed by atoms with E-state index in [1.807, 2.05) is 43.1 Å². The molecule has 0 spiro atoms. The summed E-state index contributed by atoms with van der Waals surface area (Å²) in [6, 6.07) is 13.2. The lowest BCUT2D eigenvalue weighted by Gasteiger charge is -2.35. The quantitative estimate of drug-likeness (QED) is 0.394. The number of benzene rings is 2. The van der Waals surface area contributed by atoms with E-state index in [1.54, 1.807) is 29.2 Å². The number of anilines is 1. The summed E-state index contributed by atoms with van der Waals surface area (Å²) in [5.41, 5.74) is 4.54. The highest BCUT2D eigenvalue weighted by atomic mass is 35.5. The van der Waals surface area contributed by atoms with Gasteiger partial charge >= 0.3 is 6.09 Å². The highest BCUT2D eigenvalue weighted by molar-refractivity contribution is 6.35. The summed E-state index contributed by atoms with van der Waals surface area (Å²) in [6.45, 7) is 7.45. The molecule has 3 heterocycles. The van der Waals surface area contributed by atoms with Gasteiger partial charge in [0.05, 0.1) is 17.7 Å². The maximum atomic E-state index is 11.8. The molecule has 0 radical (unpaired) electrons. The number of piperazine rings is 1. The molecule has 11 nitrogen and oxygen atoms in total. The average molecular weight is 591 g/mol. The number of nitrogens with zero attached hydrogens (tertiary/aromatic N) is 5.